The van der Waals surface area contributed by atoms with Gasteiger partial charge in [0.2, 0.25) is 0 Å². The van der Waals surface area contributed by atoms with Gasteiger partial charge in [0.15, 0.2) is 5.82 Å². The molecule has 0 bridgehead atoms. The zero-order valence-corrected chi connectivity index (χ0v) is 10.5. The summed E-state index contributed by atoms with van der Waals surface area (Å²) < 4.78 is 5.22. The Kier molecular flexibility index (Phi) is 3.00. The van der Waals surface area contributed by atoms with Gasteiger partial charge in [-0.2, -0.15) is 4.98 Å². The van der Waals surface area contributed by atoms with Crippen molar-refractivity contribution in [3.8, 4) is 0 Å². The molecule has 1 aliphatic rings. The Morgan fingerprint density at radius 2 is 2.28 bits per heavy atom. The highest BCUT2D eigenvalue weighted by atomic mass is 16.5. The lowest BCUT2D eigenvalue weighted by atomic mass is 10.0. The molecule has 1 aromatic carbocycles. The van der Waals surface area contributed by atoms with Crippen LogP contribution in [0, 0.1) is 0 Å². The van der Waals surface area contributed by atoms with Crippen LogP contribution >= 0.6 is 0 Å². The molecule has 3 rings (SSSR count). The first-order valence-corrected chi connectivity index (χ1v) is 6.53. The van der Waals surface area contributed by atoms with Gasteiger partial charge in [-0.15, -0.1) is 0 Å². The second-order valence-electron chi connectivity index (χ2n) is 4.67. The number of nitrogens with zero attached hydrogens (tertiary/aromatic N) is 2. The van der Waals surface area contributed by atoms with Gasteiger partial charge in [0, 0.05) is 12.5 Å². The Bertz CT molecular complexity index is 535. The van der Waals surface area contributed by atoms with Gasteiger partial charge in [0.25, 0.3) is 0 Å². The topological polar surface area (TPSA) is 51.0 Å². The fourth-order valence-electron chi connectivity index (χ4n) is 2.51. The third-order valence-corrected chi connectivity index (χ3v) is 3.41. The first kappa shape index (κ1) is 11.3. The van der Waals surface area contributed by atoms with E-state index >= 15 is 0 Å². The average molecular weight is 243 g/mol. The number of hydrogen-bond acceptors (Lipinski definition) is 4. The van der Waals surface area contributed by atoms with E-state index in [1.807, 2.05) is 0 Å². The second-order valence-corrected chi connectivity index (χ2v) is 4.67. The zero-order valence-electron chi connectivity index (χ0n) is 10.5. The van der Waals surface area contributed by atoms with Crippen LogP contribution in [0.4, 0.5) is 6.01 Å². The second kappa shape index (κ2) is 4.80. The molecule has 4 heteroatoms. The van der Waals surface area contributed by atoms with Gasteiger partial charge in [-0.05, 0) is 30.4 Å². The summed E-state index contributed by atoms with van der Waals surface area (Å²) in [5, 5.41) is 7.22. The molecule has 94 valence electrons. The van der Waals surface area contributed by atoms with Crippen molar-refractivity contribution in [1.82, 2.24) is 10.1 Å². The monoisotopic (exact) mass is 243 g/mol. The van der Waals surface area contributed by atoms with Crippen molar-refractivity contribution < 1.29 is 4.52 Å². The van der Waals surface area contributed by atoms with Crippen LogP contribution in [0.5, 0.6) is 0 Å². The van der Waals surface area contributed by atoms with Crippen LogP contribution in [0.15, 0.2) is 28.8 Å². The van der Waals surface area contributed by atoms with Crippen molar-refractivity contribution in [2.24, 2.45) is 0 Å². The maximum atomic E-state index is 5.22. The normalized spacial score (nSPS) is 17.7. The Morgan fingerprint density at radius 3 is 3.17 bits per heavy atom. The number of anilines is 1. The van der Waals surface area contributed by atoms with Crippen LogP contribution in [0.2, 0.25) is 0 Å². The number of benzene rings is 1. The molecule has 1 aliphatic carbocycles. The average Bonchev–Trinajstić information content (AvgIpc) is 3.02. The highest BCUT2D eigenvalue weighted by Crippen LogP contribution is 2.36. The first-order chi connectivity index (χ1) is 8.88. The molecule has 18 heavy (non-hydrogen) atoms. The number of hydrogen-bond donors (Lipinski definition) is 1. The number of aryl methyl sites for hydroxylation is 1. The van der Waals surface area contributed by atoms with Gasteiger partial charge >= 0.3 is 6.01 Å². The van der Waals surface area contributed by atoms with E-state index in [0.29, 0.717) is 11.9 Å². The van der Waals surface area contributed by atoms with Gasteiger partial charge in [-0.25, -0.2) is 0 Å². The van der Waals surface area contributed by atoms with Crippen LogP contribution in [-0.2, 0) is 6.42 Å². The number of nitrogens with one attached hydrogen (secondary N) is 1. The SMILES string of the molecule is CCCNc1nc(C2CCc3ccccc32)no1. The number of fused-ring (bicyclic) bond motifs is 1. The van der Waals surface area contributed by atoms with Gasteiger partial charge < -0.3 is 9.84 Å². The van der Waals surface area contributed by atoms with Gasteiger partial charge in [-0.1, -0.05) is 36.3 Å². The Morgan fingerprint density at radius 1 is 1.39 bits per heavy atom. The molecule has 2 aromatic rings. The lowest BCUT2D eigenvalue weighted by Gasteiger charge is -2.05. The summed E-state index contributed by atoms with van der Waals surface area (Å²) in [5.74, 6) is 1.10. The van der Waals surface area contributed by atoms with Crippen LogP contribution in [0.25, 0.3) is 0 Å². The Labute approximate surface area is 106 Å². The van der Waals surface area contributed by atoms with Crippen LogP contribution in [0.1, 0.15) is 42.6 Å². The van der Waals surface area contributed by atoms with Crippen molar-refractivity contribution in [3.63, 3.8) is 0 Å². The molecule has 1 aromatic heterocycles. The van der Waals surface area contributed by atoms with Gasteiger partial charge in [0.05, 0.1) is 0 Å². The number of rotatable bonds is 4. The molecule has 0 amide bonds. The zero-order chi connectivity index (χ0) is 12.4. The molecule has 1 heterocycles. The smallest absolute Gasteiger partial charge is 0.321 e. The minimum absolute atomic E-state index is 0.294. The summed E-state index contributed by atoms with van der Waals surface area (Å²) in [7, 11) is 0. The fourth-order valence-corrected chi connectivity index (χ4v) is 2.51. The standard InChI is InChI=1S/C14H17N3O/c1-2-9-15-14-16-13(17-18-14)12-8-7-10-5-3-4-6-11(10)12/h3-6,12H,2,7-9H2,1H3,(H,15,16,17). The molecule has 0 aliphatic heterocycles. The van der Waals surface area contributed by atoms with Crippen LogP contribution in [0.3, 0.4) is 0 Å². The van der Waals surface area contributed by atoms with Crippen LogP contribution < -0.4 is 5.32 Å². The van der Waals surface area contributed by atoms with E-state index in [-0.39, 0.29) is 0 Å². The van der Waals surface area contributed by atoms with Crippen molar-refractivity contribution in [3.05, 3.63) is 41.2 Å². The van der Waals surface area contributed by atoms with E-state index in [2.05, 4.69) is 46.6 Å². The molecule has 0 saturated heterocycles. The molecular formula is C14H17N3O. The summed E-state index contributed by atoms with van der Waals surface area (Å²) in [6, 6.07) is 9.06. The van der Waals surface area contributed by atoms with Crippen molar-refractivity contribution >= 4 is 6.01 Å². The highest BCUT2D eigenvalue weighted by molar-refractivity contribution is 5.39. The predicted molar refractivity (Wildman–Crippen MR) is 69.7 cm³/mol. The van der Waals surface area contributed by atoms with Crippen molar-refractivity contribution in [2.45, 2.75) is 32.1 Å². The predicted octanol–water partition coefficient (Wildman–Crippen LogP) is 2.97. The molecule has 0 saturated carbocycles. The molecule has 1 unspecified atom stereocenters. The van der Waals surface area contributed by atoms with E-state index in [0.717, 1.165) is 31.6 Å². The first-order valence-electron chi connectivity index (χ1n) is 6.53. The molecule has 4 nitrogen and oxygen atoms in total. The number of aromatic nitrogens is 2. The molecule has 1 atom stereocenters. The third-order valence-electron chi connectivity index (χ3n) is 3.41. The van der Waals surface area contributed by atoms with Crippen molar-refractivity contribution in [1.29, 1.82) is 0 Å². The minimum atomic E-state index is 0.294. The molecular weight excluding hydrogens is 226 g/mol. The summed E-state index contributed by atoms with van der Waals surface area (Å²) in [4.78, 5) is 4.44. The third kappa shape index (κ3) is 1.98. The van der Waals surface area contributed by atoms with E-state index in [9.17, 15) is 0 Å². The summed E-state index contributed by atoms with van der Waals surface area (Å²) >= 11 is 0. The maximum absolute atomic E-state index is 5.22. The van der Waals surface area contributed by atoms with E-state index in [1.165, 1.54) is 11.1 Å². The minimum Gasteiger partial charge on any atom is -0.338 e. The molecule has 0 radical (unpaired) electrons. The fraction of sp³-hybridized carbons (Fsp3) is 0.429. The van der Waals surface area contributed by atoms with Crippen molar-refractivity contribution in [2.75, 3.05) is 11.9 Å². The quantitative estimate of drug-likeness (QED) is 0.897. The summed E-state index contributed by atoms with van der Waals surface area (Å²) in [5.41, 5.74) is 2.76. The highest BCUT2D eigenvalue weighted by Gasteiger charge is 2.27. The van der Waals surface area contributed by atoms with Crippen LogP contribution in [-0.4, -0.2) is 16.7 Å². The van der Waals surface area contributed by atoms with E-state index in [4.69, 9.17) is 4.52 Å². The Balaban J connectivity index is 1.82. The van der Waals surface area contributed by atoms with Gasteiger partial charge in [-0.3, -0.25) is 0 Å². The van der Waals surface area contributed by atoms with E-state index < -0.39 is 0 Å². The summed E-state index contributed by atoms with van der Waals surface area (Å²) in [6.45, 7) is 2.97. The molecule has 1 N–H and O–H groups in total. The maximum Gasteiger partial charge on any atom is 0.321 e. The van der Waals surface area contributed by atoms with E-state index in [1.54, 1.807) is 0 Å². The largest absolute Gasteiger partial charge is 0.338 e. The summed E-state index contributed by atoms with van der Waals surface area (Å²) in [6.07, 6.45) is 3.23. The lowest BCUT2D eigenvalue weighted by molar-refractivity contribution is 0.419. The Hall–Kier alpha value is -1.84. The lowest BCUT2D eigenvalue weighted by Crippen LogP contribution is -2.01. The molecule has 0 fully saturated rings. The molecule has 0 spiro atoms. The van der Waals surface area contributed by atoms with Gasteiger partial charge in [0.1, 0.15) is 0 Å².